The van der Waals surface area contributed by atoms with Crippen LogP contribution in [0.2, 0.25) is 0 Å². The summed E-state index contributed by atoms with van der Waals surface area (Å²) in [6.45, 7) is 4.47. The van der Waals surface area contributed by atoms with Gasteiger partial charge in [-0.05, 0) is 37.1 Å². The SMILES string of the molecule is COc1ccc(OCCCC(C)(C)C(N)=NO)cc1. The van der Waals surface area contributed by atoms with Gasteiger partial charge in [0.2, 0.25) is 0 Å². The second-order valence-corrected chi connectivity index (χ2v) is 5.00. The van der Waals surface area contributed by atoms with E-state index >= 15 is 0 Å². The van der Waals surface area contributed by atoms with Crippen molar-refractivity contribution in [3.05, 3.63) is 24.3 Å². The van der Waals surface area contributed by atoms with Gasteiger partial charge in [-0.25, -0.2) is 0 Å². The van der Waals surface area contributed by atoms with Crippen LogP contribution in [0.15, 0.2) is 29.4 Å². The minimum absolute atomic E-state index is 0.247. The van der Waals surface area contributed by atoms with E-state index < -0.39 is 0 Å². The van der Waals surface area contributed by atoms with Crippen molar-refractivity contribution in [1.82, 2.24) is 0 Å². The fraction of sp³-hybridized carbons (Fsp3) is 0.500. The second kappa shape index (κ2) is 6.87. The van der Waals surface area contributed by atoms with Gasteiger partial charge in [0.05, 0.1) is 13.7 Å². The van der Waals surface area contributed by atoms with Crippen molar-refractivity contribution in [1.29, 1.82) is 0 Å². The highest BCUT2D eigenvalue weighted by atomic mass is 16.5. The van der Waals surface area contributed by atoms with Crippen molar-refractivity contribution < 1.29 is 14.7 Å². The Morgan fingerprint density at radius 1 is 1.26 bits per heavy atom. The Balaban J connectivity index is 2.34. The van der Waals surface area contributed by atoms with Gasteiger partial charge in [-0.1, -0.05) is 19.0 Å². The molecule has 1 rings (SSSR count). The fourth-order valence-electron chi connectivity index (χ4n) is 1.64. The molecule has 0 bridgehead atoms. The molecule has 3 N–H and O–H groups in total. The van der Waals surface area contributed by atoms with Crippen molar-refractivity contribution in [2.24, 2.45) is 16.3 Å². The Morgan fingerprint density at radius 2 is 1.84 bits per heavy atom. The third kappa shape index (κ3) is 4.69. The predicted molar refractivity (Wildman–Crippen MR) is 74.9 cm³/mol. The van der Waals surface area contributed by atoms with Crippen LogP contribution in [0.25, 0.3) is 0 Å². The smallest absolute Gasteiger partial charge is 0.144 e. The van der Waals surface area contributed by atoms with E-state index in [1.165, 1.54) is 0 Å². The van der Waals surface area contributed by atoms with Crippen LogP contribution in [0.3, 0.4) is 0 Å². The van der Waals surface area contributed by atoms with Crippen LogP contribution >= 0.6 is 0 Å². The quantitative estimate of drug-likeness (QED) is 0.261. The predicted octanol–water partition coefficient (Wildman–Crippen LogP) is 2.63. The summed E-state index contributed by atoms with van der Waals surface area (Å²) < 4.78 is 10.7. The molecule has 0 aliphatic rings. The first kappa shape index (κ1) is 15.1. The Morgan fingerprint density at radius 3 is 2.37 bits per heavy atom. The van der Waals surface area contributed by atoms with Gasteiger partial charge in [0.1, 0.15) is 17.3 Å². The molecule has 5 nitrogen and oxygen atoms in total. The molecule has 0 saturated heterocycles. The Hall–Kier alpha value is -1.91. The Labute approximate surface area is 114 Å². The zero-order chi connectivity index (χ0) is 14.3. The lowest BCUT2D eigenvalue weighted by Crippen LogP contribution is -2.32. The molecule has 106 valence electrons. The lowest BCUT2D eigenvalue weighted by molar-refractivity contribution is 0.277. The molecule has 0 spiro atoms. The van der Waals surface area contributed by atoms with E-state index in [9.17, 15) is 0 Å². The first-order valence-corrected chi connectivity index (χ1v) is 6.24. The highest BCUT2D eigenvalue weighted by Gasteiger charge is 2.22. The standard InChI is InChI=1S/C14H22N2O3/c1-14(2,13(15)16-17)9-4-10-19-12-7-5-11(18-3)6-8-12/h5-8,17H,4,9-10H2,1-3H3,(H2,15,16). The average molecular weight is 266 g/mol. The first-order valence-electron chi connectivity index (χ1n) is 6.24. The Kier molecular flexibility index (Phi) is 5.48. The molecule has 0 aromatic heterocycles. The van der Waals surface area contributed by atoms with E-state index in [0.29, 0.717) is 6.61 Å². The summed E-state index contributed by atoms with van der Waals surface area (Å²) in [4.78, 5) is 0. The fourth-order valence-corrected chi connectivity index (χ4v) is 1.64. The Bertz CT molecular complexity index is 413. The topological polar surface area (TPSA) is 77.1 Å². The van der Waals surface area contributed by atoms with Gasteiger partial charge in [0.15, 0.2) is 0 Å². The van der Waals surface area contributed by atoms with Crippen LogP contribution in [0.1, 0.15) is 26.7 Å². The highest BCUT2D eigenvalue weighted by molar-refractivity contribution is 5.85. The van der Waals surface area contributed by atoms with Crippen LogP contribution in [0.5, 0.6) is 11.5 Å². The van der Waals surface area contributed by atoms with Crippen molar-refractivity contribution in [2.45, 2.75) is 26.7 Å². The van der Waals surface area contributed by atoms with Crippen LogP contribution in [-0.2, 0) is 0 Å². The number of hydrogen-bond acceptors (Lipinski definition) is 4. The first-order chi connectivity index (χ1) is 8.99. The number of benzene rings is 1. The molecule has 1 aromatic rings. The largest absolute Gasteiger partial charge is 0.497 e. The van der Waals surface area contributed by atoms with Crippen LogP contribution in [0.4, 0.5) is 0 Å². The van der Waals surface area contributed by atoms with E-state index in [1.54, 1.807) is 7.11 Å². The third-order valence-electron chi connectivity index (χ3n) is 3.08. The number of amidine groups is 1. The van der Waals surface area contributed by atoms with E-state index in [4.69, 9.17) is 20.4 Å². The molecular formula is C14H22N2O3. The van der Waals surface area contributed by atoms with Gasteiger partial charge in [-0.15, -0.1) is 0 Å². The molecule has 0 fully saturated rings. The summed E-state index contributed by atoms with van der Waals surface area (Å²) in [5.41, 5.74) is 5.30. The van der Waals surface area contributed by atoms with E-state index in [0.717, 1.165) is 24.3 Å². The van der Waals surface area contributed by atoms with Crippen molar-refractivity contribution in [3.63, 3.8) is 0 Å². The summed E-state index contributed by atoms with van der Waals surface area (Å²) in [6.07, 6.45) is 1.62. The lowest BCUT2D eigenvalue weighted by atomic mass is 9.87. The third-order valence-corrected chi connectivity index (χ3v) is 3.08. The van der Waals surface area contributed by atoms with E-state index in [1.807, 2.05) is 38.1 Å². The monoisotopic (exact) mass is 266 g/mol. The molecule has 19 heavy (non-hydrogen) atoms. The van der Waals surface area contributed by atoms with Crippen LogP contribution in [-0.4, -0.2) is 24.8 Å². The molecule has 0 radical (unpaired) electrons. The maximum Gasteiger partial charge on any atom is 0.144 e. The molecule has 0 unspecified atom stereocenters. The molecule has 0 amide bonds. The maximum absolute atomic E-state index is 8.67. The number of ether oxygens (including phenoxy) is 2. The molecule has 0 aliphatic heterocycles. The van der Waals surface area contributed by atoms with Crippen molar-refractivity contribution in [3.8, 4) is 11.5 Å². The molecule has 5 heteroatoms. The van der Waals surface area contributed by atoms with Gasteiger partial charge < -0.3 is 20.4 Å². The molecule has 0 heterocycles. The number of nitrogens with zero attached hydrogens (tertiary/aromatic N) is 1. The summed E-state index contributed by atoms with van der Waals surface area (Å²) in [5, 5.41) is 11.7. The van der Waals surface area contributed by atoms with Crippen LogP contribution in [0, 0.1) is 5.41 Å². The van der Waals surface area contributed by atoms with E-state index in [2.05, 4.69) is 5.16 Å². The number of methoxy groups -OCH3 is 1. The van der Waals surface area contributed by atoms with Gasteiger partial charge in [-0.3, -0.25) is 0 Å². The number of oxime groups is 1. The molecule has 0 saturated carbocycles. The highest BCUT2D eigenvalue weighted by Crippen LogP contribution is 2.23. The molecule has 1 aromatic carbocycles. The van der Waals surface area contributed by atoms with Gasteiger partial charge >= 0.3 is 0 Å². The number of hydrogen-bond donors (Lipinski definition) is 2. The van der Waals surface area contributed by atoms with Crippen LogP contribution < -0.4 is 15.2 Å². The zero-order valence-corrected chi connectivity index (χ0v) is 11.7. The van der Waals surface area contributed by atoms with Crippen molar-refractivity contribution in [2.75, 3.05) is 13.7 Å². The number of rotatable bonds is 7. The van der Waals surface area contributed by atoms with Gasteiger partial charge in [-0.2, -0.15) is 0 Å². The van der Waals surface area contributed by atoms with E-state index in [-0.39, 0.29) is 11.3 Å². The van der Waals surface area contributed by atoms with Gasteiger partial charge in [0.25, 0.3) is 0 Å². The number of nitrogens with two attached hydrogens (primary N) is 1. The van der Waals surface area contributed by atoms with Crippen molar-refractivity contribution >= 4 is 5.84 Å². The summed E-state index contributed by atoms with van der Waals surface area (Å²) in [6, 6.07) is 7.45. The molecular weight excluding hydrogens is 244 g/mol. The maximum atomic E-state index is 8.67. The normalized spacial score (nSPS) is 12.3. The minimum atomic E-state index is -0.321. The molecule has 0 atom stereocenters. The second-order valence-electron chi connectivity index (χ2n) is 5.00. The summed E-state index contributed by atoms with van der Waals surface area (Å²) in [5.74, 6) is 1.86. The minimum Gasteiger partial charge on any atom is -0.497 e. The lowest BCUT2D eigenvalue weighted by Gasteiger charge is -2.22. The zero-order valence-electron chi connectivity index (χ0n) is 11.7. The summed E-state index contributed by atoms with van der Waals surface area (Å²) >= 11 is 0. The summed E-state index contributed by atoms with van der Waals surface area (Å²) in [7, 11) is 1.63. The molecule has 0 aliphatic carbocycles. The van der Waals surface area contributed by atoms with Gasteiger partial charge in [0, 0.05) is 5.41 Å². The average Bonchev–Trinajstić information content (AvgIpc) is 2.43.